The molecule has 0 radical (unpaired) electrons. The zero-order chi connectivity index (χ0) is 12.4. The Bertz CT molecular complexity index is 678. The van der Waals surface area contributed by atoms with Crippen LogP contribution in [0.4, 0.5) is 5.69 Å². The molecule has 1 aromatic heterocycles. The van der Waals surface area contributed by atoms with E-state index >= 15 is 0 Å². The number of rotatable bonds is 3. The van der Waals surface area contributed by atoms with Crippen molar-refractivity contribution >= 4 is 38.8 Å². The predicted octanol–water partition coefficient (Wildman–Crippen LogP) is 4.56. The second-order valence-electron chi connectivity index (χ2n) is 3.98. The largest absolute Gasteiger partial charge is 0.381 e. The molecule has 0 aliphatic carbocycles. The third-order valence-electron chi connectivity index (χ3n) is 2.77. The summed E-state index contributed by atoms with van der Waals surface area (Å²) < 4.78 is 1.19. The first-order valence-corrected chi connectivity index (χ1v) is 6.89. The Morgan fingerprint density at radius 2 is 2.06 bits per heavy atom. The van der Waals surface area contributed by atoms with Gasteiger partial charge in [-0.1, -0.05) is 29.8 Å². The van der Waals surface area contributed by atoms with Gasteiger partial charge in [-0.2, -0.15) is 0 Å². The van der Waals surface area contributed by atoms with Crippen molar-refractivity contribution in [3.63, 3.8) is 0 Å². The molecule has 1 N–H and O–H groups in total. The average Bonchev–Trinajstić information content (AvgIpc) is 2.85. The van der Waals surface area contributed by atoms with E-state index in [1.165, 1.54) is 4.70 Å². The monoisotopic (exact) mass is 274 g/mol. The van der Waals surface area contributed by atoms with Crippen LogP contribution >= 0.6 is 22.9 Å². The lowest BCUT2D eigenvalue weighted by Crippen LogP contribution is -1.99. The number of hydrogen-bond donors (Lipinski definition) is 1. The molecule has 90 valence electrons. The number of halogens is 1. The third-order valence-corrected chi connectivity index (χ3v) is 3.93. The first-order valence-electron chi connectivity index (χ1n) is 5.63. The van der Waals surface area contributed by atoms with Gasteiger partial charge >= 0.3 is 0 Å². The number of thiazole rings is 1. The molecule has 0 saturated heterocycles. The number of aromatic nitrogens is 1. The molecule has 0 atom stereocenters. The summed E-state index contributed by atoms with van der Waals surface area (Å²) in [5.74, 6) is 0. The van der Waals surface area contributed by atoms with Gasteiger partial charge in [0.15, 0.2) is 0 Å². The summed E-state index contributed by atoms with van der Waals surface area (Å²) in [6.07, 6.45) is 0. The van der Waals surface area contributed by atoms with Crippen molar-refractivity contribution in [3.05, 3.63) is 58.6 Å². The van der Waals surface area contributed by atoms with Crippen molar-refractivity contribution in [1.82, 2.24) is 4.98 Å². The molecule has 0 fully saturated rings. The Labute approximate surface area is 114 Å². The Kier molecular flexibility index (Phi) is 3.17. The highest BCUT2D eigenvalue weighted by Crippen LogP contribution is 2.23. The molecule has 0 amide bonds. The number of nitrogens with zero attached hydrogens (tertiary/aromatic N) is 1. The van der Waals surface area contributed by atoms with E-state index in [2.05, 4.69) is 16.4 Å². The number of hydrogen-bond acceptors (Lipinski definition) is 3. The van der Waals surface area contributed by atoms with Crippen molar-refractivity contribution in [3.8, 4) is 0 Å². The minimum Gasteiger partial charge on any atom is -0.381 e. The molecule has 0 unspecified atom stereocenters. The van der Waals surface area contributed by atoms with Gasteiger partial charge in [-0.05, 0) is 29.8 Å². The summed E-state index contributed by atoms with van der Waals surface area (Å²) in [5, 5.41) is 4.17. The number of nitrogens with one attached hydrogen (secondary N) is 1. The van der Waals surface area contributed by atoms with Crippen LogP contribution in [-0.4, -0.2) is 4.98 Å². The van der Waals surface area contributed by atoms with Gasteiger partial charge in [0, 0.05) is 17.3 Å². The van der Waals surface area contributed by atoms with Crippen LogP contribution in [0.25, 0.3) is 10.2 Å². The first-order chi connectivity index (χ1) is 8.83. The Morgan fingerprint density at radius 1 is 1.17 bits per heavy atom. The standard InChI is InChI=1S/C14H11ClN2S/c15-12-4-2-1-3-10(12)8-16-11-5-6-13-14(7-11)18-9-17-13/h1-7,9,16H,8H2. The van der Waals surface area contributed by atoms with Gasteiger partial charge in [0.2, 0.25) is 0 Å². The topological polar surface area (TPSA) is 24.9 Å². The van der Waals surface area contributed by atoms with E-state index in [0.29, 0.717) is 0 Å². The second-order valence-corrected chi connectivity index (χ2v) is 5.27. The average molecular weight is 275 g/mol. The minimum absolute atomic E-state index is 0.726. The fourth-order valence-electron chi connectivity index (χ4n) is 1.80. The van der Waals surface area contributed by atoms with E-state index in [1.54, 1.807) is 11.3 Å². The number of anilines is 1. The Hall–Kier alpha value is -1.58. The molecule has 0 aliphatic heterocycles. The SMILES string of the molecule is Clc1ccccc1CNc1ccc2ncsc2c1. The highest BCUT2D eigenvalue weighted by molar-refractivity contribution is 7.16. The fraction of sp³-hybridized carbons (Fsp3) is 0.0714. The van der Waals surface area contributed by atoms with Crippen molar-refractivity contribution in [2.24, 2.45) is 0 Å². The predicted molar refractivity (Wildman–Crippen MR) is 78.4 cm³/mol. The molecule has 0 saturated carbocycles. The molecule has 4 heteroatoms. The van der Waals surface area contributed by atoms with E-state index in [9.17, 15) is 0 Å². The summed E-state index contributed by atoms with van der Waals surface area (Å²) >= 11 is 7.77. The van der Waals surface area contributed by atoms with Crippen molar-refractivity contribution in [2.45, 2.75) is 6.54 Å². The molecule has 18 heavy (non-hydrogen) atoms. The number of benzene rings is 2. The van der Waals surface area contributed by atoms with Crippen molar-refractivity contribution in [2.75, 3.05) is 5.32 Å². The summed E-state index contributed by atoms with van der Waals surface area (Å²) in [4.78, 5) is 4.26. The van der Waals surface area contributed by atoms with Crippen molar-refractivity contribution < 1.29 is 0 Å². The van der Waals surface area contributed by atoms with E-state index in [-0.39, 0.29) is 0 Å². The Balaban J connectivity index is 1.78. The van der Waals surface area contributed by atoms with Crippen LogP contribution in [0.2, 0.25) is 5.02 Å². The van der Waals surface area contributed by atoms with E-state index in [0.717, 1.165) is 28.3 Å². The first kappa shape index (κ1) is 11.5. The maximum absolute atomic E-state index is 6.12. The van der Waals surface area contributed by atoms with Crippen LogP contribution in [0, 0.1) is 0 Å². The van der Waals surface area contributed by atoms with Crippen LogP contribution in [0.1, 0.15) is 5.56 Å². The summed E-state index contributed by atoms with van der Waals surface area (Å²) in [6.45, 7) is 0.726. The Morgan fingerprint density at radius 3 is 2.94 bits per heavy atom. The van der Waals surface area contributed by atoms with Crippen LogP contribution in [0.15, 0.2) is 48.0 Å². The fourth-order valence-corrected chi connectivity index (χ4v) is 2.72. The van der Waals surface area contributed by atoms with Crippen LogP contribution in [0.3, 0.4) is 0 Å². The van der Waals surface area contributed by atoms with Gasteiger partial charge in [0.25, 0.3) is 0 Å². The van der Waals surface area contributed by atoms with Gasteiger partial charge in [0.05, 0.1) is 15.7 Å². The summed E-state index contributed by atoms with van der Waals surface area (Å²) in [5.41, 5.74) is 5.10. The molecule has 2 nitrogen and oxygen atoms in total. The molecule has 0 bridgehead atoms. The van der Waals surface area contributed by atoms with Gasteiger partial charge in [-0.3, -0.25) is 0 Å². The summed E-state index contributed by atoms with van der Waals surface area (Å²) in [7, 11) is 0. The van der Waals surface area contributed by atoms with Crippen LogP contribution < -0.4 is 5.32 Å². The molecule has 1 heterocycles. The van der Waals surface area contributed by atoms with Crippen LogP contribution in [-0.2, 0) is 6.54 Å². The minimum atomic E-state index is 0.726. The number of fused-ring (bicyclic) bond motifs is 1. The normalized spacial score (nSPS) is 10.7. The molecule has 2 aromatic carbocycles. The lowest BCUT2D eigenvalue weighted by molar-refractivity contribution is 1.15. The van der Waals surface area contributed by atoms with Crippen LogP contribution in [0.5, 0.6) is 0 Å². The molecule has 0 spiro atoms. The molecular formula is C14H11ClN2S. The molecule has 3 aromatic rings. The van der Waals surface area contributed by atoms with E-state index in [4.69, 9.17) is 11.6 Å². The highest BCUT2D eigenvalue weighted by atomic mass is 35.5. The van der Waals surface area contributed by atoms with Gasteiger partial charge < -0.3 is 5.32 Å². The smallest absolute Gasteiger partial charge is 0.0813 e. The lowest BCUT2D eigenvalue weighted by Gasteiger charge is -2.07. The highest BCUT2D eigenvalue weighted by Gasteiger charge is 2.01. The van der Waals surface area contributed by atoms with E-state index in [1.807, 2.05) is 41.9 Å². The zero-order valence-corrected chi connectivity index (χ0v) is 11.1. The maximum Gasteiger partial charge on any atom is 0.0813 e. The molecule has 3 rings (SSSR count). The van der Waals surface area contributed by atoms with Crippen molar-refractivity contribution in [1.29, 1.82) is 0 Å². The zero-order valence-electron chi connectivity index (χ0n) is 9.56. The third kappa shape index (κ3) is 2.33. The van der Waals surface area contributed by atoms with Gasteiger partial charge in [-0.15, -0.1) is 11.3 Å². The van der Waals surface area contributed by atoms with E-state index < -0.39 is 0 Å². The van der Waals surface area contributed by atoms with Gasteiger partial charge in [0.1, 0.15) is 0 Å². The van der Waals surface area contributed by atoms with Gasteiger partial charge in [-0.25, -0.2) is 4.98 Å². The quantitative estimate of drug-likeness (QED) is 0.757. The second kappa shape index (κ2) is 4.96. The molecule has 0 aliphatic rings. The molecular weight excluding hydrogens is 264 g/mol. The maximum atomic E-state index is 6.12. The summed E-state index contributed by atoms with van der Waals surface area (Å²) in [6, 6.07) is 14.1. The lowest BCUT2D eigenvalue weighted by atomic mass is 10.2.